The van der Waals surface area contributed by atoms with E-state index in [1.807, 2.05) is 18.2 Å². The Bertz CT molecular complexity index is 195. The van der Waals surface area contributed by atoms with Crippen molar-refractivity contribution in [2.45, 2.75) is 35.8 Å². The minimum absolute atomic E-state index is 0.411. The van der Waals surface area contributed by atoms with E-state index in [-0.39, 0.29) is 0 Å². The van der Waals surface area contributed by atoms with Crippen LogP contribution in [0.15, 0.2) is 30.3 Å². The summed E-state index contributed by atoms with van der Waals surface area (Å²) in [5.74, 6) is 0. The van der Waals surface area contributed by atoms with E-state index in [0.717, 1.165) is 0 Å². The van der Waals surface area contributed by atoms with Crippen LogP contribution in [0.4, 0.5) is 0 Å². The Kier molecular flexibility index (Phi) is 12.1. The van der Waals surface area contributed by atoms with Crippen molar-refractivity contribution < 1.29 is 0 Å². The van der Waals surface area contributed by atoms with Crippen LogP contribution >= 0.6 is 0 Å². The first kappa shape index (κ1) is 14.6. The van der Waals surface area contributed by atoms with Gasteiger partial charge in [0.1, 0.15) is 0 Å². The average molecular weight is 195 g/mol. The molecule has 2 heteroatoms. The van der Waals surface area contributed by atoms with E-state index in [0.29, 0.717) is 20.4 Å². The van der Waals surface area contributed by atoms with Gasteiger partial charge >= 0.3 is 72.6 Å². The Morgan fingerprint density at radius 1 is 1.14 bits per heavy atom. The minimum atomic E-state index is 0.411. The predicted octanol–water partition coefficient (Wildman–Crippen LogP) is 2.83. The quantitative estimate of drug-likeness (QED) is 0.511. The molecule has 0 bridgehead atoms. The molecule has 1 aromatic rings. The summed E-state index contributed by atoms with van der Waals surface area (Å²) >= 11 is 2.49. The van der Waals surface area contributed by atoms with E-state index in [4.69, 9.17) is 0 Å². The summed E-state index contributed by atoms with van der Waals surface area (Å²) in [4.78, 5) is 0. The van der Waals surface area contributed by atoms with Crippen LogP contribution in [0.3, 0.4) is 0 Å². The van der Waals surface area contributed by atoms with Crippen LogP contribution < -0.4 is 4.24 Å². The van der Waals surface area contributed by atoms with Gasteiger partial charge in [-0.15, -0.1) is 9.10 Å². The molecule has 0 amide bonds. The number of hydrogen-bond acceptors (Lipinski definition) is 0. The van der Waals surface area contributed by atoms with Gasteiger partial charge in [0.2, 0.25) is 0 Å². The first-order valence-electron chi connectivity index (χ1n) is 5.82. The molecule has 0 saturated heterocycles. The van der Waals surface area contributed by atoms with Gasteiger partial charge in [-0.25, -0.2) is 0 Å². The molecule has 0 saturated carbocycles. The molecule has 0 unspecified atom stereocenters. The maximum atomic E-state index is 2.31. The SMILES string of the molecule is CCC[CH2][Mg][CH2]C.[Li][c]1ccccc1. The van der Waals surface area contributed by atoms with Crippen molar-refractivity contribution in [2.24, 2.45) is 0 Å². The molecule has 0 atom stereocenters. The normalized spacial score (nSPS) is 8.57. The Morgan fingerprint density at radius 3 is 2.14 bits per heavy atom. The molecule has 14 heavy (non-hydrogen) atoms. The molecule has 0 fully saturated rings. The Morgan fingerprint density at radius 2 is 1.79 bits per heavy atom. The zero-order valence-electron chi connectivity index (χ0n) is 9.92. The van der Waals surface area contributed by atoms with E-state index in [2.05, 4.69) is 43.7 Å². The molecule has 0 radical (unpaired) electrons. The second-order valence-electron chi connectivity index (χ2n) is 3.72. The number of rotatable bonds is 4. The first-order valence-corrected chi connectivity index (χ1v) is 7.82. The molecular weight excluding hydrogens is 175 g/mol. The molecule has 70 valence electrons. The molecule has 0 aliphatic rings. The fourth-order valence-electron chi connectivity index (χ4n) is 1.21. The van der Waals surface area contributed by atoms with Gasteiger partial charge in [0.25, 0.3) is 0 Å². The van der Waals surface area contributed by atoms with E-state index < -0.39 is 0 Å². The molecule has 0 N–H and O–H groups in total. The van der Waals surface area contributed by atoms with Crippen molar-refractivity contribution in [1.82, 2.24) is 0 Å². The number of unbranched alkanes of at least 4 members (excludes halogenated alkanes) is 1. The topological polar surface area (TPSA) is 0 Å². The molecule has 0 heterocycles. The molecule has 0 aliphatic carbocycles. The van der Waals surface area contributed by atoms with Crippen LogP contribution in [-0.2, 0) is 0 Å². The molecule has 0 spiro atoms. The zero-order valence-corrected chi connectivity index (χ0v) is 11.3. The standard InChI is InChI=1S/C6H5.C4H9.C2H5.Li.Mg/c1-2-4-6-5-3-1;1-3-4-2;1-2;;/h1-5H;1,3-4H2,2H3;1H2,2H3;;. The van der Waals surface area contributed by atoms with Gasteiger partial charge < -0.3 is 0 Å². The van der Waals surface area contributed by atoms with Crippen LogP contribution in [0.25, 0.3) is 0 Å². The molecule has 0 aliphatic heterocycles. The Hall–Kier alpha value is 0.584. The van der Waals surface area contributed by atoms with Gasteiger partial charge in [0, 0.05) is 0 Å². The van der Waals surface area contributed by atoms with E-state index in [1.165, 1.54) is 21.6 Å². The molecule has 1 aromatic carbocycles. The second-order valence-corrected chi connectivity index (χ2v) is 6.13. The van der Waals surface area contributed by atoms with Crippen LogP contribution in [-0.4, -0.2) is 38.1 Å². The molecular formula is C12H19LiMg. The number of hydrogen-bond donors (Lipinski definition) is 0. The summed E-state index contributed by atoms with van der Waals surface area (Å²) in [6.45, 7) is 4.58. The van der Waals surface area contributed by atoms with Crippen molar-refractivity contribution in [3.8, 4) is 0 Å². The summed E-state index contributed by atoms with van der Waals surface area (Å²) < 4.78 is 4.40. The van der Waals surface area contributed by atoms with Crippen LogP contribution in [0.5, 0.6) is 0 Å². The third-order valence-electron chi connectivity index (χ3n) is 2.15. The maximum absolute atomic E-state index is 2.31. The van der Waals surface area contributed by atoms with Gasteiger partial charge in [0.15, 0.2) is 0 Å². The molecule has 0 nitrogen and oxygen atoms in total. The summed E-state index contributed by atoms with van der Waals surface area (Å²) in [6, 6.07) is 10.3. The number of benzene rings is 1. The Labute approximate surface area is 108 Å². The molecule has 1 rings (SSSR count). The van der Waals surface area contributed by atoms with Gasteiger partial charge in [-0.05, 0) is 0 Å². The van der Waals surface area contributed by atoms with Gasteiger partial charge in [-0.1, -0.05) is 26.7 Å². The first-order chi connectivity index (χ1) is 6.81. The third-order valence-corrected chi connectivity index (χ3v) is 3.85. The Balaban J connectivity index is 0.000000241. The van der Waals surface area contributed by atoms with Gasteiger partial charge in [0.05, 0.1) is 0 Å². The second kappa shape index (κ2) is 11.7. The third kappa shape index (κ3) is 10.7. The van der Waals surface area contributed by atoms with Crippen LogP contribution in [0.1, 0.15) is 26.7 Å². The predicted molar refractivity (Wildman–Crippen MR) is 67.8 cm³/mol. The van der Waals surface area contributed by atoms with Crippen molar-refractivity contribution in [1.29, 1.82) is 0 Å². The summed E-state index contributed by atoms with van der Waals surface area (Å²) in [5.41, 5.74) is 0. The van der Waals surface area contributed by atoms with E-state index in [9.17, 15) is 0 Å². The van der Waals surface area contributed by atoms with Crippen molar-refractivity contribution in [3.05, 3.63) is 30.3 Å². The van der Waals surface area contributed by atoms with E-state index >= 15 is 0 Å². The average Bonchev–Trinajstić information content (AvgIpc) is 2.21. The monoisotopic (exact) mass is 194 g/mol. The fraction of sp³-hybridized carbons (Fsp3) is 0.500. The zero-order chi connectivity index (χ0) is 10.6. The summed E-state index contributed by atoms with van der Waals surface area (Å²) in [5, 5.41) is 0. The van der Waals surface area contributed by atoms with Gasteiger partial charge in [-0.3, -0.25) is 0 Å². The summed E-state index contributed by atoms with van der Waals surface area (Å²) in [7, 11) is 0. The van der Waals surface area contributed by atoms with Crippen LogP contribution in [0, 0.1) is 0 Å². The fourth-order valence-corrected chi connectivity index (χ4v) is 2.56. The summed E-state index contributed by atoms with van der Waals surface area (Å²) in [6.07, 6.45) is 2.88. The van der Waals surface area contributed by atoms with Crippen molar-refractivity contribution in [2.75, 3.05) is 0 Å². The molecule has 0 aromatic heterocycles. The van der Waals surface area contributed by atoms with Crippen molar-refractivity contribution >= 4 is 42.3 Å². The van der Waals surface area contributed by atoms with E-state index in [1.54, 1.807) is 4.55 Å². The van der Waals surface area contributed by atoms with Crippen LogP contribution in [0.2, 0.25) is 9.10 Å². The van der Waals surface area contributed by atoms with Crippen molar-refractivity contribution in [3.63, 3.8) is 0 Å². The van der Waals surface area contributed by atoms with Gasteiger partial charge in [-0.2, -0.15) is 0 Å².